The molecule has 1 saturated heterocycles. The number of hydrogen-bond donors (Lipinski definition) is 1. The van der Waals surface area contributed by atoms with Crippen LogP contribution in [0.3, 0.4) is 0 Å². The van der Waals surface area contributed by atoms with Crippen LogP contribution in [0.1, 0.15) is 31.1 Å². The fourth-order valence-corrected chi connectivity index (χ4v) is 3.24. The maximum Gasteiger partial charge on any atom is 0.263 e. The molecule has 1 N–H and O–H groups in total. The Kier molecular flexibility index (Phi) is 4.01. The van der Waals surface area contributed by atoms with Gasteiger partial charge in [-0.15, -0.1) is 0 Å². The van der Waals surface area contributed by atoms with Crippen LogP contribution in [0.4, 0.5) is 5.95 Å². The third-order valence-electron chi connectivity index (χ3n) is 4.70. The van der Waals surface area contributed by atoms with Crippen LogP contribution < -0.4 is 10.5 Å². The zero-order valence-electron chi connectivity index (χ0n) is 15.6. The average molecular weight is 370 g/mol. The molecule has 9 heteroatoms. The topological polar surface area (TPSA) is 100 Å². The van der Waals surface area contributed by atoms with E-state index in [0.29, 0.717) is 48.7 Å². The van der Waals surface area contributed by atoms with Crippen LogP contribution in [0.15, 0.2) is 34.0 Å². The first-order valence-electron chi connectivity index (χ1n) is 8.89. The standard InChI is InChI=1S/C18H22N6O3/c1-18(2,3)24-14-13(10-19-24)15(25)21-17(20-14)23-7-5-22(6-8-23)16(26)12-4-9-27-11-12/h4,9-11H,5-8H2,1-3H3,(H,20,21,25). The number of nitrogens with zero attached hydrogens (tertiary/aromatic N) is 5. The number of hydrogen-bond acceptors (Lipinski definition) is 6. The van der Waals surface area contributed by atoms with Gasteiger partial charge in [0.2, 0.25) is 5.95 Å². The molecule has 142 valence electrons. The summed E-state index contributed by atoms with van der Waals surface area (Å²) in [5.41, 5.74) is 0.626. The first kappa shape index (κ1) is 17.3. The van der Waals surface area contributed by atoms with E-state index in [2.05, 4.69) is 15.1 Å². The molecule has 27 heavy (non-hydrogen) atoms. The number of H-pyrrole nitrogens is 1. The average Bonchev–Trinajstić information content (AvgIpc) is 3.30. The second-order valence-electron chi connectivity index (χ2n) is 7.65. The molecule has 0 unspecified atom stereocenters. The van der Waals surface area contributed by atoms with E-state index in [9.17, 15) is 9.59 Å². The lowest BCUT2D eigenvalue weighted by Crippen LogP contribution is -2.49. The molecule has 1 fully saturated rings. The summed E-state index contributed by atoms with van der Waals surface area (Å²) >= 11 is 0. The van der Waals surface area contributed by atoms with E-state index in [0.717, 1.165) is 0 Å². The van der Waals surface area contributed by atoms with Gasteiger partial charge >= 0.3 is 0 Å². The van der Waals surface area contributed by atoms with Gasteiger partial charge in [-0.2, -0.15) is 10.1 Å². The van der Waals surface area contributed by atoms with Crippen molar-refractivity contribution in [2.75, 3.05) is 31.1 Å². The largest absolute Gasteiger partial charge is 0.472 e. The number of aromatic nitrogens is 4. The second kappa shape index (κ2) is 6.26. The van der Waals surface area contributed by atoms with Gasteiger partial charge in [-0.05, 0) is 26.8 Å². The monoisotopic (exact) mass is 370 g/mol. The van der Waals surface area contributed by atoms with Crippen molar-refractivity contribution in [1.29, 1.82) is 0 Å². The maximum atomic E-state index is 12.5. The first-order chi connectivity index (χ1) is 12.8. The molecule has 0 radical (unpaired) electrons. The number of nitrogens with one attached hydrogen (secondary N) is 1. The minimum absolute atomic E-state index is 0.0499. The number of carbonyl (C=O) groups is 1. The Morgan fingerprint density at radius 1 is 1.22 bits per heavy atom. The SMILES string of the molecule is CC(C)(C)n1ncc2c(=O)[nH]c(N3CCN(C(=O)c4ccoc4)CC3)nc21. The van der Waals surface area contributed by atoms with Crippen LogP contribution in [-0.4, -0.2) is 56.7 Å². The Morgan fingerprint density at radius 3 is 2.59 bits per heavy atom. The predicted octanol–water partition coefficient (Wildman–Crippen LogP) is 1.43. The highest BCUT2D eigenvalue weighted by Gasteiger charge is 2.25. The molecular formula is C18H22N6O3. The van der Waals surface area contributed by atoms with E-state index in [4.69, 9.17) is 4.42 Å². The molecular weight excluding hydrogens is 348 g/mol. The van der Waals surface area contributed by atoms with Crippen LogP contribution in [0.25, 0.3) is 11.0 Å². The minimum Gasteiger partial charge on any atom is -0.472 e. The highest BCUT2D eigenvalue weighted by molar-refractivity contribution is 5.94. The number of carbonyl (C=O) groups excluding carboxylic acids is 1. The summed E-state index contributed by atoms with van der Waals surface area (Å²) in [5, 5.41) is 4.81. The van der Waals surface area contributed by atoms with Crippen molar-refractivity contribution in [3.8, 4) is 0 Å². The van der Waals surface area contributed by atoms with Crippen molar-refractivity contribution in [1.82, 2.24) is 24.6 Å². The van der Waals surface area contributed by atoms with Gasteiger partial charge in [-0.1, -0.05) is 0 Å². The van der Waals surface area contributed by atoms with E-state index in [1.54, 1.807) is 21.8 Å². The summed E-state index contributed by atoms with van der Waals surface area (Å²) in [4.78, 5) is 36.1. The summed E-state index contributed by atoms with van der Waals surface area (Å²) in [5.74, 6) is 0.458. The van der Waals surface area contributed by atoms with Crippen molar-refractivity contribution in [2.45, 2.75) is 26.3 Å². The zero-order valence-corrected chi connectivity index (χ0v) is 15.6. The molecule has 0 atom stereocenters. The highest BCUT2D eigenvalue weighted by atomic mass is 16.3. The van der Waals surface area contributed by atoms with Crippen LogP contribution in [0.5, 0.6) is 0 Å². The summed E-state index contributed by atoms with van der Waals surface area (Å²) in [6.07, 6.45) is 4.50. The van der Waals surface area contributed by atoms with Crippen LogP contribution >= 0.6 is 0 Å². The lowest BCUT2D eigenvalue weighted by Gasteiger charge is -2.34. The van der Waals surface area contributed by atoms with Gasteiger partial charge in [-0.3, -0.25) is 14.6 Å². The normalized spacial score (nSPS) is 15.5. The van der Waals surface area contributed by atoms with Gasteiger partial charge in [-0.25, -0.2) is 4.68 Å². The molecule has 0 aromatic carbocycles. The third kappa shape index (κ3) is 3.09. The Balaban J connectivity index is 1.57. The van der Waals surface area contributed by atoms with Gasteiger partial charge in [0.1, 0.15) is 11.6 Å². The first-order valence-corrected chi connectivity index (χ1v) is 8.89. The van der Waals surface area contributed by atoms with E-state index in [1.807, 2.05) is 25.7 Å². The molecule has 0 saturated carbocycles. The van der Waals surface area contributed by atoms with E-state index in [1.165, 1.54) is 12.5 Å². The Hall–Kier alpha value is -3.10. The van der Waals surface area contributed by atoms with Gasteiger partial charge in [0.05, 0.1) is 23.6 Å². The predicted molar refractivity (Wildman–Crippen MR) is 100.0 cm³/mol. The van der Waals surface area contributed by atoms with Crippen LogP contribution in [0.2, 0.25) is 0 Å². The summed E-state index contributed by atoms with van der Waals surface area (Å²) in [7, 11) is 0. The van der Waals surface area contributed by atoms with E-state index < -0.39 is 0 Å². The quantitative estimate of drug-likeness (QED) is 0.732. The fourth-order valence-electron chi connectivity index (χ4n) is 3.24. The van der Waals surface area contributed by atoms with Gasteiger partial charge in [0, 0.05) is 26.2 Å². The van der Waals surface area contributed by atoms with Crippen LogP contribution in [-0.2, 0) is 5.54 Å². The molecule has 1 aliphatic heterocycles. The summed E-state index contributed by atoms with van der Waals surface area (Å²) < 4.78 is 6.75. The molecule has 4 heterocycles. The van der Waals surface area contributed by atoms with Crippen molar-refractivity contribution in [2.24, 2.45) is 0 Å². The smallest absolute Gasteiger partial charge is 0.263 e. The Labute approximate surface area is 155 Å². The van der Waals surface area contributed by atoms with E-state index >= 15 is 0 Å². The lowest BCUT2D eigenvalue weighted by molar-refractivity contribution is 0.0745. The number of rotatable bonds is 2. The number of piperazine rings is 1. The maximum absolute atomic E-state index is 12.5. The highest BCUT2D eigenvalue weighted by Crippen LogP contribution is 2.20. The number of amides is 1. The molecule has 0 spiro atoms. The fraction of sp³-hybridized carbons (Fsp3) is 0.444. The van der Waals surface area contributed by atoms with Gasteiger partial charge in [0.15, 0.2) is 5.65 Å². The van der Waals surface area contributed by atoms with Gasteiger partial charge < -0.3 is 14.2 Å². The molecule has 1 amide bonds. The summed E-state index contributed by atoms with van der Waals surface area (Å²) in [6, 6.07) is 1.66. The molecule has 1 aliphatic rings. The molecule has 3 aromatic heterocycles. The second-order valence-corrected chi connectivity index (χ2v) is 7.65. The third-order valence-corrected chi connectivity index (χ3v) is 4.70. The number of aromatic amines is 1. The Bertz CT molecular complexity index is 1020. The minimum atomic E-state index is -0.282. The lowest BCUT2D eigenvalue weighted by atomic mass is 10.1. The van der Waals surface area contributed by atoms with Gasteiger partial charge in [0.25, 0.3) is 11.5 Å². The number of anilines is 1. The van der Waals surface area contributed by atoms with Crippen molar-refractivity contribution in [3.63, 3.8) is 0 Å². The van der Waals surface area contributed by atoms with Crippen molar-refractivity contribution >= 4 is 22.9 Å². The number of fused-ring (bicyclic) bond motifs is 1. The number of furan rings is 1. The summed E-state index contributed by atoms with van der Waals surface area (Å²) in [6.45, 7) is 8.31. The van der Waals surface area contributed by atoms with Crippen molar-refractivity contribution in [3.05, 3.63) is 40.7 Å². The Morgan fingerprint density at radius 2 is 1.96 bits per heavy atom. The molecule has 9 nitrogen and oxygen atoms in total. The molecule has 4 rings (SSSR count). The molecule has 3 aromatic rings. The molecule has 0 bridgehead atoms. The van der Waals surface area contributed by atoms with Crippen LogP contribution in [0, 0.1) is 0 Å². The molecule has 0 aliphatic carbocycles. The van der Waals surface area contributed by atoms with Crippen molar-refractivity contribution < 1.29 is 9.21 Å². The van der Waals surface area contributed by atoms with E-state index in [-0.39, 0.29) is 17.0 Å². The zero-order chi connectivity index (χ0) is 19.2.